The first-order valence-corrected chi connectivity index (χ1v) is 9.96. The molecule has 0 aliphatic heterocycles. The van der Waals surface area contributed by atoms with E-state index in [-0.39, 0.29) is 0 Å². The molecule has 0 rings (SSSR count). The van der Waals surface area contributed by atoms with Crippen LogP contribution in [0.15, 0.2) is 0 Å². The Kier molecular flexibility index (Phi) is 16.2. The first kappa shape index (κ1) is 23.8. The van der Waals surface area contributed by atoms with Crippen molar-refractivity contribution in [3.05, 3.63) is 0 Å². The maximum atomic E-state index is 6.21. The molecule has 0 aromatic rings. The van der Waals surface area contributed by atoms with E-state index in [2.05, 4.69) is 20.8 Å². The van der Waals surface area contributed by atoms with E-state index >= 15 is 0 Å². The smallest absolute Gasteiger partial charge is 0.170 e. The fourth-order valence-corrected chi connectivity index (χ4v) is 3.27. The van der Waals surface area contributed by atoms with Crippen LogP contribution in [0.4, 0.5) is 0 Å². The molecule has 0 fully saturated rings. The van der Waals surface area contributed by atoms with Crippen LogP contribution in [0.2, 0.25) is 0 Å². The van der Waals surface area contributed by atoms with Gasteiger partial charge in [-0.25, -0.2) is 0 Å². The van der Waals surface area contributed by atoms with Crippen LogP contribution < -0.4 is 0 Å². The van der Waals surface area contributed by atoms with Crippen LogP contribution in [0.1, 0.15) is 78.6 Å². The Bertz CT molecular complexity index is 248. The summed E-state index contributed by atoms with van der Waals surface area (Å²) in [5, 5.41) is 0. The topological polar surface area (TPSA) is 36.9 Å². The zero-order chi connectivity index (χ0) is 18.1. The van der Waals surface area contributed by atoms with Gasteiger partial charge in [0.15, 0.2) is 5.79 Å². The largest absolute Gasteiger partial charge is 0.382 e. The Hall–Kier alpha value is -0.160. The molecule has 0 aliphatic rings. The second-order valence-electron chi connectivity index (χ2n) is 6.51. The Morgan fingerprint density at radius 1 is 0.708 bits per heavy atom. The Morgan fingerprint density at radius 2 is 1.25 bits per heavy atom. The number of ether oxygens (including phenoxy) is 4. The summed E-state index contributed by atoms with van der Waals surface area (Å²) in [6.07, 6.45) is 11.0. The molecule has 0 saturated heterocycles. The highest BCUT2D eigenvalue weighted by atomic mass is 16.7. The van der Waals surface area contributed by atoms with Crippen molar-refractivity contribution in [3.63, 3.8) is 0 Å². The minimum Gasteiger partial charge on any atom is -0.382 e. The zero-order valence-corrected chi connectivity index (χ0v) is 16.9. The van der Waals surface area contributed by atoms with Gasteiger partial charge in [0.05, 0.1) is 26.4 Å². The second-order valence-corrected chi connectivity index (χ2v) is 6.51. The number of hydrogen-bond donors (Lipinski definition) is 0. The molecule has 0 saturated carbocycles. The van der Waals surface area contributed by atoms with Gasteiger partial charge in [0.1, 0.15) is 0 Å². The molecule has 0 aliphatic carbocycles. The van der Waals surface area contributed by atoms with Crippen molar-refractivity contribution in [2.24, 2.45) is 5.92 Å². The van der Waals surface area contributed by atoms with Crippen molar-refractivity contribution in [2.45, 2.75) is 84.3 Å². The molecule has 4 nitrogen and oxygen atoms in total. The lowest BCUT2D eigenvalue weighted by Gasteiger charge is -2.40. The van der Waals surface area contributed by atoms with E-state index < -0.39 is 5.79 Å². The third-order valence-corrected chi connectivity index (χ3v) is 4.78. The summed E-state index contributed by atoms with van der Waals surface area (Å²) in [7, 11) is 3.41. The van der Waals surface area contributed by atoms with Crippen LogP contribution in [-0.4, -0.2) is 46.4 Å². The van der Waals surface area contributed by atoms with Crippen LogP contribution in [0.3, 0.4) is 0 Å². The van der Waals surface area contributed by atoms with Gasteiger partial charge in [-0.2, -0.15) is 0 Å². The summed E-state index contributed by atoms with van der Waals surface area (Å²) < 4.78 is 22.7. The van der Waals surface area contributed by atoms with Crippen molar-refractivity contribution < 1.29 is 18.9 Å². The third-order valence-electron chi connectivity index (χ3n) is 4.78. The van der Waals surface area contributed by atoms with Crippen molar-refractivity contribution in [1.29, 1.82) is 0 Å². The van der Waals surface area contributed by atoms with Crippen molar-refractivity contribution >= 4 is 0 Å². The fourth-order valence-electron chi connectivity index (χ4n) is 3.27. The normalized spacial score (nSPS) is 13.4. The molecule has 4 heteroatoms. The Labute approximate surface area is 150 Å². The van der Waals surface area contributed by atoms with Crippen molar-refractivity contribution in [1.82, 2.24) is 0 Å². The second kappa shape index (κ2) is 16.3. The van der Waals surface area contributed by atoms with Gasteiger partial charge in [0, 0.05) is 20.1 Å². The molecule has 0 spiro atoms. The van der Waals surface area contributed by atoms with Crippen molar-refractivity contribution in [3.8, 4) is 0 Å². The monoisotopic (exact) mass is 346 g/mol. The molecule has 0 aromatic carbocycles. The van der Waals surface area contributed by atoms with E-state index in [1.165, 1.54) is 38.5 Å². The number of rotatable bonds is 18. The molecule has 0 heterocycles. The summed E-state index contributed by atoms with van der Waals surface area (Å²) in [4.78, 5) is 0. The average Bonchev–Trinajstić information content (AvgIpc) is 2.60. The van der Waals surface area contributed by atoms with Crippen LogP contribution in [0, 0.1) is 5.92 Å². The predicted octanol–water partition coefficient (Wildman–Crippen LogP) is 5.20. The summed E-state index contributed by atoms with van der Waals surface area (Å²) in [5.41, 5.74) is 0. The molecule has 1 unspecified atom stereocenters. The molecule has 0 N–H and O–H groups in total. The molecule has 0 bridgehead atoms. The van der Waals surface area contributed by atoms with E-state index in [9.17, 15) is 0 Å². The molecular weight excluding hydrogens is 304 g/mol. The van der Waals surface area contributed by atoms with E-state index in [0.717, 1.165) is 19.3 Å². The minimum atomic E-state index is -0.505. The molecule has 0 aromatic heterocycles. The van der Waals surface area contributed by atoms with Gasteiger partial charge in [0.25, 0.3) is 0 Å². The predicted molar refractivity (Wildman–Crippen MR) is 100 cm³/mol. The lowest BCUT2D eigenvalue weighted by molar-refractivity contribution is -0.276. The lowest BCUT2D eigenvalue weighted by atomic mass is 9.87. The van der Waals surface area contributed by atoms with Crippen LogP contribution >= 0.6 is 0 Å². The van der Waals surface area contributed by atoms with Gasteiger partial charge in [-0.05, 0) is 19.3 Å². The maximum Gasteiger partial charge on any atom is 0.170 e. The van der Waals surface area contributed by atoms with Gasteiger partial charge >= 0.3 is 0 Å². The van der Waals surface area contributed by atoms with E-state index in [1.54, 1.807) is 14.2 Å². The van der Waals surface area contributed by atoms with Gasteiger partial charge in [0.2, 0.25) is 0 Å². The lowest BCUT2D eigenvalue weighted by Crippen LogP contribution is -2.44. The standard InChI is InChI=1S/C20H42O4/c1-6-9-10-11-12-13-14-19(7-2)20(8-3,23-17-15-21-4)24-18-16-22-5/h19H,6-18H2,1-5H3. The first-order valence-electron chi connectivity index (χ1n) is 9.96. The number of methoxy groups -OCH3 is 2. The van der Waals surface area contributed by atoms with E-state index in [1.807, 2.05) is 0 Å². The van der Waals surface area contributed by atoms with Crippen LogP contribution in [-0.2, 0) is 18.9 Å². The molecule has 146 valence electrons. The summed E-state index contributed by atoms with van der Waals surface area (Å²) in [5.74, 6) is -0.0859. The van der Waals surface area contributed by atoms with Crippen molar-refractivity contribution in [2.75, 3.05) is 40.6 Å². The molecular formula is C20H42O4. The highest BCUT2D eigenvalue weighted by Crippen LogP contribution is 2.34. The minimum absolute atomic E-state index is 0.419. The highest BCUT2D eigenvalue weighted by Gasteiger charge is 2.38. The van der Waals surface area contributed by atoms with Gasteiger partial charge < -0.3 is 18.9 Å². The zero-order valence-electron chi connectivity index (χ0n) is 16.9. The van der Waals surface area contributed by atoms with Crippen LogP contribution in [0.5, 0.6) is 0 Å². The van der Waals surface area contributed by atoms with Gasteiger partial charge in [-0.1, -0.05) is 59.3 Å². The maximum absolute atomic E-state index is 6.21. The van der Waals surface area contributed by atoms with Gasteiger partial charge in [-0.3, -0.25) is 0 Å². The number of hydrogen-bond acceptors (Lipinski definition) is 4. The van der Waals surface area contributed by atoms with Gasteiger partial charge in [-0.15, -0.1) is 0 Å². The summed E-state index contributed by atoms with van der Waals surface area (Å²) in [6, 6.07) is 0. The molecule has 24 heavy (non-hydrogen) atoms. The first-order chi connectivity index (χ1) is 11.7. The van der Waals surface area contributed by atoms with E-state index in [4.69, 9.17) is 18.9 Å². The average molecular weight is 347 g/mol. The SMILES string of the molecule is CCCCCCCCC(CC)C(CC)(OCCOC)OCCOC. The molecule has 1 atom stereocenters. The fraction of sp³-hybridized carbons (Fsp3) is 1.00. The Morgan fingerprint density at radius 3 is 1.71 bits per heavy atom. The Balaban J connectivity index is 4.57. The number of unbranched alkanes of at least 4 members (excludes halogenated alkanes) is 5. The molecule has 0 amide bonds. The third kappa shape index (κ3) is 9.97. The summed E-state index contributed by atoms with van der Waals surface area (Å²) >= 11 is 0. The summed E-state index contributed by atoms with van der Waals surface area (Å²) in [6.45, 7) is 9.01. The quantitative estimate of drug-likeness (QED) is 0.253. The molecule has 0 radical (unpaired) electrons. The van der Waals surface area contributed by atoms with Crippen LogP contribution in [0.25, 0.3) is 0 Å². The van der Waals surface area contributed by atoms with E-state index in [0.29, 0.717) is 32.3 Å². The highest BCUT2D eigenvalue weighted by molar-refractivity contribution is 4.78.